The highest BCUT2D eigenvalue weighted by molar-refractivity contribution is 6.12. The van der Waals surface area contributed by atoms with Crippen LogP contribution in [0.5, 0.6) is 0 Å². The molecule has 4 nitrogen and oxygen atoms in total. The Kier molecular flexibility index (Phi) is 4.92. The average molecular weight is 553 g/mol. The van der Waals surface area contributed by atoms with Crippen LogP contribution in [0.4, 0.5) is 0 Å². The summed E-state index contributed by atoms with van der Waals surface area (Å²) in [4.78, 5) is 9.58. The van der Waals surface area contributed by atoms with Gasteiger partial charge >= 0.3 is 0 Å². The number of aromatic nitrogens is 4. The van der Waals surface area contributed by atoms with Crippen molar-refractivity contribution in [3.63, 3.8) is 0 Å². The van der Waals surface area contributed by atoms with Gasteiger partial charge in [0.15, 0.2) is 0 Å². The molecule has 43 heavy (non-hydrogen) atoms. The van der Waals surface area contributed by atoms with Gasteiger partial charge in [0.25, 0.3) is 0 Å². The number of pyridine rings is 1. The third-order valence-corrected chi connectivity index (χ3v) is 9.21. The Labute approximate surface area is 249 Å². The van der Waals surface area contributed by atoms with Crippen LogP contribution in [-0.2, 0) is 5.41 Å². The van der Waals surface area contributed by atoms with Gasteiger partial charge in [-0.05, 0) is 70.8 Å². The summed E-state index contributed by atoms with van der Waals surface area (Å²) in [5.74, 6) is 0.942. The van der Waals surface area contributed by atoms with Crippen LogP contribution in [-0.4, -0.2) is 19.1 Å². The van der Waals surface area contributed by atoms with E-state index in [2.05, 4.69) is 143 Å². The van der Waals surface area contributed by atoms with E-state index in [1.54, 1.807) is 0 Å². The number of rotatable bonds is 3. The number of hydrogen-bond donors (Lipinski definition) is 0. The zero-order valence-electron chi connectivity index (χ0n) is 24.0. The van der Waals surface area contributed by atoms with E-state index in [-0.39, 0.29) is 5.41 Å². The molecule has 0 N–H and O–H groups in total. The van der Waals surface area contributed by atoms with E-state index in [4.69, 9.17) is 4.98 Å². The van der Waals surface area contributed by atoms with Gasteiger partial charge in [0, 0.05) is 33.6 Å². The Bertz CT molecular complexity index is 2360. The molecule has 0 saturated heterocycles. The lowest BCUT2D eigenvalue weighted by molar-refractivity contribution is 0.630. The summed E-state index contributed by atoms with van der Waals surface area (Å²) in [6.45, 7) is 4.70. The van der Waals surface area contributed by atoms with Gasteiger partial charge in [0.2, 0.25) is 0 Å². The van der Waals surface area contributed by atoms with Crippen LogP contribution in [0.2, 0.25) is 0 Å². The molecule has 0 fully saturated rings. The molecule has 0 spiro atoms. The smallest absolute Gasteiger partial charge is 0.145 e. The van der Waals surface area contributed by atoms with E-state index >= 15 is 0 Å². The van der Waals surface area contributed by atoms with Crippen molar-refractivity contribution >= 4 is 32.8 Å². The summed E-state index contributed by atoms with van der Waals surface area (Å²) in [7, 11) is 0. The summed E-state index contributed by atoms with van der Waals surface area (Å²) in [6.07, 6.45) is 3.91. The Hall–Kier alpha value is -5.48. The van der Waals surface area contributed by atoms with Gasteiger partial charge in [-0.25, -0.2) is 4.98 Å². The second-order valence-corrected chi connectivity index (χ2v) is 12.0. The molecule has 4 heterocycles. The van der Waals surface area contributed by atoms with E-state index in [0.29, 0.717) is 0 Å². The zero-order chi connectivity index (χ0) is 28.7. The Morgan fingerprint density at radius 1 is 0.581 bits per heavy atom. The predicted octanol–water partition coefficient (Wildman–Crippen LogP) is 9.49. The Balaban J connectivity index is 1.24. The molecule has 0 aliphatic carbocycles. The molecule has 1 aliphatic rings. The lowest BCUT2D eigenvalue weighted by Gasteiger charge is -2.35. The average Bonchev–Trinajstić information content (AvgIpc) is 3.61. The van der Waals surface area contributed by atoms with Crippen LogP contribution >= 0.6 is 0 Å². The van der Waals surface area contributed by atoms with Crippen LogP contribution in [0.15, 0.2) is 134 Å². The minimum absolute atomic E-state index is 0.150. The van der Waals surface area contributed by atoms with E-state index in [9.17, 15) is 0 Å². The maximum atomic E-state index is 5.07. The summed E-state index contributed by atoms with van der Waals surface area (Å²) < 4.78 is 4.66. The van der Waals surface area contributed by atoms with Gasteiger partial charge < -0.3 is 4.57 Å². The van der Waals surface area contributed by atoms with E-state index in [0.717, 1.165) is 33.6 Å². The molecule has 4 heteroatoms. The van der Waals surface area contributed by atoms with Crippen molar-refractivity contribution in [1.29, 1.82) is 0 Å². The standard InChI is InChI=1S/C39H28N4/c1-39(2)31-12-6-8-14-34(31)43-36-24-40-21-20-29(36)30-22-27(23-32(39)37(30)43)25-16-18-26(19-17-25)38-41-33-13-7-9-15-35(33)42(38)28-10-4-3-5-11-28/h3-24H,1-2H3. The highest BCUT2D eigenvalue weighted by Crippen LogP contribution is 2.48. The molecule has 8 aromatic rings. The number of hydrogen-bond acceptors (Lipinski definition) is 2. The van der Waals surface area contributed by atoms with Gasteiger partial charge in [-0.1, -0.05) is 86.6 Å². The Morgan fingerprint density at radius 3 is 2.19 bits per heavy atom. The SMILES string of the molecule is CC1(C)c2ccccc2-n2c3cnccc3c3cc(-c4ccc(-c5nc6ccccc6n5-c5ccccc5)cc4)cc1c32. The third-order valence-electron chi connectivity index (χ3n) is 9.21. The van der Waals surface area contributed by atoms with Crippen molar-refractivity contribution in [1.82, 2.24) is 19.1 Å². The molecule has 0 radical (unpaired) electrons. The molecule has 0 atom stereocenters. The van der Waals surface area contributed by atoms with Crippen molar-refractivity contribution < 1.29 is 0 Å². The first-order chi connectivity index (χ1) is 21.1. The molecule has 1 aliphatic heterocycles. The van der Waals surface area contributed by atoms with Crippen LogP contribution in [0.3, 0.4) is 0 Å². The van der Waals surface area contributed by atoms with Gasteiger partial charge in [0.1, 0.15) is 5.82 Å². The summed E-state index contributed by atoms with van der Waals surface area (Å²) in [6, 6.07) is 43.4. The Morgan fingerprint density at radius 2 is 1.33 bits per heavy atom. The topological polar surface area (TPSA) is 35.6 Å². The zero-order valence-corrected chi connectivity index (χ0v) is 24.0. The highest BCUT2D eigenvalue weighted by atomic mass is 15.1. The molecule has 0 bridgehead atoms. The molecule has 204 valence electrons. The fourth-order valence-corrected chi connectivity index (χ4v) is 7.10. The first kappa shape index (κ1) is 24.2. The normalized spacial score (nSPS) is 13.5. The highest BCUT2D eigenvalue weighted by Gasteiger charge is 2.35. The van der Waals surface area contributed by atoms with Gasteiger partial charge in [-0.15, -0.1) is 0 Å². The van der Waals surface area contributed by atoms with E-state index in [1.165, 1.54) is 44.2 Å². The number of imidazole rings is 1. The second kappa shape index (κ2) is 8.76. The van der Waals surface area contributed by atoms with Gasteiger partial charge in [0.05, 0.1) is 34.0 Å². The van der Waals surface area contributed by atoms with Crippen LogP contribution < -0.4 is 0 Å². The minimum atomic E-state index is -0.150. The molecule has 9 rings (SSSR count). The maximum absolute atomic E-state index is 5.07. The van der Waals surface area contributed by atoms with Crippen molar-refractivity contribution in [2.45, 2.75) is 19.3 Å². The van der Waals surface area contributed by atoms with Crippen molar-refractivity contribution in [2.75, 3.05) is 0 Å². The first-order valence-corrected chi connectivity index (χ1v) is 14.8. The number of fused-ring (bicyclic) bond motifs is 6. The lowest BCUT2D eigenvalue weighted by atomic mass is 9.74. The van der Waals surface area contributed by atoms with Crippen molar-refractivity contribution in [2.24, 2.45) is 0 Å². The minimum Gasteiger partial charge on any atom is -0.307 e. The van der Waals surface area contributed by atoms with Gasteiger partial charge in [-0.2, -0.15) is 0 Å². The maximum Gasteiger partial charge on any atom is 0.145 e. The van der Waals surface area contributed by atoms with E-state index < -0.39 is 0 Å². The number of para-hydroxylation sites is 4. The molecular formula is C39H28N4. The van der Waals surface area contributed by atoms with Crippen LogP contribution in [0.1, 0.15) is 25.0 Å². The van der Waals surface area contributed by atoms with Crippen LogP contribution in [0, 0.1) is 0 Å². The largest absolute Gasteiger partial charge is 0.307 e. The summed E-state index contributed by atoms with van der Waals surface area (Å²) in [5, 5.41) is 2.50. The summed E-state index contributed by atoms with van der Waals surface area (Å²) >= 11 is 0. The second-order valence-electron chi connectivity index (χ2n) is 12.0. The fraction of sp³-hybridized carbons (Fsp3) is 0.0769. The molecule has 0 amide bonds. The van der Waals surface area contributed by atoms with Gasteiger partial charge in [-0.3, -0.25) is 9.55 Å². The van der Waals surface area contributed by atoms with Crippen LogP contribution in [0.25, 0.3) is 66.7 Å². The van der Waals surface area contributed by atoms with Crippen molar-refractivity contribution in [3.05, 3.63) is 145 Å². The first-order valence-electron chi connectivity index (χ1n) is 14.8. The molecule has 5 aromatic carbocycles. The third kappa shape index (κ3) is 3.38. The molecular weight excluding hydrogens is 524 g/mol. The predicted molar refractivity (Wildman–Crippen MR) is 176 cm³/mol. The number of nitrogens with zero attached hydrogens (tertiary/aromatic N) is 4. The molecule has 3 aromatic heterocycles. The molecule has 0 saturated carbocycles. The monoisotopic (exact) mass is 552 g/mol. The number of benzene rings is 5. The summed E-state index contributed by atoms with van der Waals surface area (Å²) in [5.41, 5.74) is 12.9. The van der Waals surface area contributed by atoms with Crippen molar-refractivity contribution in [3.8, 4) is 33.9 Å². The van der Waals surface area contributed by atoms with E-state index in [1.807, 2.05) is 18.5 Å². The molecule has 0 unspecified atom stereocenters. The quantitative estimate of drug-likeness (QED) is 0.219. The fourth-order valence-electron chi connectivity index (χ4n) is 7.10. The lowest BCUT2D eigenvalue weighted by Crippen LogP contribution is -2.26.